The van der Waals surface area contributed by atoms with Crippen molar-refractivity contribution in [3.05, 3.63) is 0 Å². The van der Waals surface area contributed by atoms with Crippen LogP contribution in [0.3, 0.4) is 0 Å². The van der Waals surface area contributed by atoms with E-state index >= 15 is 0 Å². The highest BCUT2D eigenvalue weighted by Crippen LogP contribution is 2.30. The Morgan fingerprint density at radius 1 is 1.25 bits per heavy atom. The first-order valence-corrected chi connectivity index (χ1v) is 5.01. The van der Waals surface area contributed by atoms with E-state index < -0.39 is 0 Å². The fourth-order valence-electron chi connectivity index (χ4n) is 2.23. The van der Waals surface area contributed by atoms with E-state index in [9.17, 15) is 0 Å². The van der Waals surface area contributed by atoms with Gasteiger partial charge in [-0.05, 0) is 18.8 Å². The zero-order valence-electron chi connectivity index (χ0n) is 7.95. The van der Waals surface area contributed by atoms with Gasteiger partial charge < -0.3 is 9.47 Å². The van der Waals surface area contributed by atoms with Gasteiger partial charge in [-0.3, -0.25) is 0 Å². The molecule has 0 aliphatic carbocycles. The third kappa shape index (κ3) is 1.80. The molecule has 70 valence electrons. The van der Waals surface area contributed by atoms with Gasteiger partial charge in [-0.2, -0.15) is 0 Å². The molecule has 2 aliphatic rings. The smallest absolute Gasteiger partial charge is 0.0837 e. The molecule has 2 heterocycles. The van der Waals surface area contributed by atoms with Gasteiger partial charge in [0.2, 0.25) is 0 Å². The van der Waals surface area contributed by atoms with E-state index in [2.05, 4.69) is 13.8 Å². The molecule has 0 unspecified atom stereocenters. The predicted octanol–water partition coefficient (Wildman–Crippen LogP) is 1.98. The molecular formula is C10H18O2. The van der Waals surface area contributed by atoms with Crippen LogP contribution in [0.2, 0.25) is 0 Å². The van der Waals surface area contributed by atoms with Gasteiger partial charge in [-0.1, -0.05) is 13.8 Å². The maximum Gasteiger partial charge on any atom is 0.0837 e. The van der Waals surface area contributed by atoms with Crippen LogP contribution in [0.25, 0.3) is 0 Å². The third-order valence-corrected chi connectivity index (χ3v) is 2.69. The van der Waals surface area contributed by atoms with Crippen molar-refractivity contribution in [1.82, 2.24) is 0 Å². The van der Waals surface area contributed by atoms with Crippen LogP contribution < -0.4 is 0 Å². The molecule has 2 saturated heterocycles. The molecule has 2 bridgehead atoms. The lowest BCUT2D eigenvalue weighted by molar-refractivity contribution is -0.0389. The SMILES string of the molecule is CC(C)C[C@@H]1C[C@@H]2C[C@@H](CO2)O1. The maximum atomic E-state index is 5.86. The van der Waals surface area contributed by atoms with Crippen molar-refractivity contribution < 1.29 is 9.47 Å². The summed E-state index contributed by atoms with van der Waals surface area (Å²) in [6.07, 6.45) is 4.83. The standard InChI is InChI=1S/C10H18O2/c1-7(2)3-9-4-8-5-10(12-9)6-11-8/h7-10H,3-6H2,1-2H3/t8-,9-,10+/m1/s1. The summed E-state index contributed by atoms with van der Waals surface area (Å²) in [6.45, 7) is 5.33. The van der Waals surface area contributed by atoms with Crippen molar-refractivity contribution in [2.75, 3.05) is 6.61 Å². The van der Waals surface area contributed by atoms with Gasteiger partial charge >= 0.3 is 0 Å². The van der Waals surface area contributed by atoms with Crippen LogP contribution in [0.5, 0.6) is 0 Å². The van der Waals surface area contributed by atoms with Crippen molar-refractivity contribution in [3.8, 4) is 0 Å². The Morgan fingerprint density at radius 3 is 2.75 bits per heavy atom. The third-order valence-electron chi connectivity index (χ3n) is 2.69. The summed E-state index contributed by atoms with van der Waals surface area (Å²) >= 11 is 0. The lowest BCUT2D eigenvalue weighted by atomic mass is 9.97. The highest BCUT2D eigenvalue weighted by molar-refractivity contribution is 4.83. The first-order valence-electron chi connectivity index (χ1n) is 5.01. The predicted molar refractivity (Wildman–Crippen MR) is 47.1 cm³/mol. The molecule has 2 nitrogen and oxygen atoms in total. The molecule has 0 radical (unpaired) electrons. The van der Waals surface area contributed by atoms with Crippen molar-refractivity contribution in [1.29, 1.82) is 0 Å². The number of hydrogen-bond acceptors (Lipinski definition) is 2. The molecule has 0 aromatic carbocycles. The second-order valence-electron chi connectivity index (χ2n) is 4.44. The van der Waals surface area contributed by atoms with Gasteiger partial charge in [0, 0.05) is 6.42 Å². The normalized spacial score (nSPS) is 40.8. The summed E-state index contributed by atoms with van der Waals surface area (Å²) in [7, 11) is 0. The summed E-state index contributed by atoms with van der Waals surface area (Å²) in [4.78, 5) is 0. The van der Waals surface area contributed by atoms with Crippen LogP contribution in [-0.4, -0.2) is 24.9 Å². The molecule has 12 heavy (non-hydrogen) atoms. The number of ether oxygens (including phenoxy) is 2. The van der Waals surface area contributed by atoms with Gasteiger partial charge in [0.25, 0.3) is 0 Å². The number of fused-ring (bicyclic) bond motifs is 2. The molecule has 0 aromatic heterocycles. The van der Waals surface area contributed by atoms with E-state index in [1.165, 1.54) is 6.42 Å². The van der Waals surface area contributed by atoms with Gasteiger partial charge in [0.1, 0.15) is 0 Å². The Balaban J connectivity index is 1.85. The van der Waals surface area contributed by atoms with Gasteiger partial charge in [0.05, 0.1) is 24.9 Å². The highest BCUT2D eigenvalue weighted by atomic mass is 16.6. The van der Waals surface area contributed by atoms with Gasteiger partial charge in [0.15, 0.2) is 0 Å². The first kappa shape index (κ1) is 8.52. The zero-order valence-corrected chi connectivity index (χ0v) is 7.95. The molecule has 0 N–H and O–H groups in total. The number of rotatable bonds is 2. The van der Waals surface area contributed by atoms with Crippen LogP contribution >= 0.6 is 0 Å². The summed E-state index contributed by atoms with van der Waals surface area (Å²) in [6, 6.07) is 0. The Kier molecular flexibility index (Phi) is 2.37. The fourth-order valence-corrected chi connectivity index (χ4v) is 2.23. The monoisotopic (exact) mass is 170 g/mol. The minimum absolute atomic E-state index is 0.410. The topological polar surface area (TPSA) is 18.5 Å². The minimum Gasteiger partial charge on any atom is -0.375 e. The summed E-state index contributed by atoms with van der Waals surface area (Å²) in [5.41, 5.74) is 0. The second kappa shape index (κ2) is 3.35. The molecule has 0 saturated carbocycles. The summed E-state index contributed by atoms with van der Waals surface area (Å²) in [5.74, 6) is 0.743. The van der Waals surface area contributed by atoms with E-state index in [1.807, 2.05) is 0 Å². The van der Waals surface area contributed by atoms with E-state index in [4.69, 9.17) is 9.47 Å². The summed E-state index contributed by atoms with van der Waals surface area (Å²) < 4.78 is 11.4. The Hall–Kier alpha value is -0.0800. The number of hydrogen-bond donors (Lipinski definition) is 0. The maximum absolute atomic E-state index is 5.86. The largest absolute Gasteiger partial charge is 0.375 e. The highest BCUT2D eigenvalue weighted by Gasteiger charge is 2.35. The minimum atomic E-state index is 0.410. The molecule has 2 fully saturated rings. The molecular weight excluding hydrogens is 152 g/mol. The van der Waals surface area contributed by atoms with E-state index in [0.717, 1.165) is 25.4 Å². The lowest BCUT2D eigenvalue weighted by Gasteiger charge is -2.27. The molecule has 0 aromatic rings. The van der Waals surface area contributed by atoms with Crippen LogP contribution in [0.4, 0.5) is 0 Å². The molecule has 2 aliphatic heterocycles. The molecule has 3 atom stereocenters. The van der Waals surface area contributed by atoms with E-state index in [0.29, 0.717) is 18.3 Å². The first-order chi connectivity index (χ1) is 5.74. The average Bonchev–Trinajstić information content (AvgIpc) is 2.29. The van der Waals surface area contributed by atoms with Gasteiger partial charge in [-0.25, -0.2) is 0 Å². The molecule has 2 rings (SSSR count). The zero-order chi connectivity index (χ0) is 8.55. The van der Waals surface area contributed by atoms with Crippen LogP contribution in [0, 0.1) is 5.92 Å². The van der Waals surface area contributed by atoms with Crippen LogP contribution in [-0.2, 0) is 9.47 Å². The van der Waals surface area contributed by atoms with Crippen LogP contribution in [0.1, 0.15) is 33.1 Å². The van der Waals surface area contributed by atoms with Crippen molar-refractivity contribution in [3.63, 3.8) is 0 Å². The average molecular weight is 170 g/mol. The van der Waals surface area contributed by atoms with E-state index in [-0.39, 0.29) is 0 Å². The second-order valence-corrected chi connectivity index (χ2v) is 4.44. The molecule has 2 heteroatoms. The molecule has 0 amide bonds. The Labute approximate surface area is 74.2 Å². The quantitative estimate of drug-likeness (QED) is 0.631. The van der Waals surface area contributed by atoms with Crippen molar-refractivity contribution >= 4 is 0 Å². The Morgan fingerprint density at radius 2 is 2.08 bits per heavy atom. The molecule has 0 spiro atoms. The van der Waals surface area contributed by atoms with Crippen molar-refractivity contribution in [2.24, 2.45) is 5.92 Å². The van der Waals surface area contributed by atoms with Crippen LogP contribution in [0.15, 0.2) is 0 Å². The van der Waals surface area contributed by atoms with Crippen molar-refractivity contribution in [2.45, 2.75) is 51.4 Å². The lowest BCUT2D eigenvalue weighted by Crippen LogP contribution is -2.30. The Bertz CT molecular complexity index is 144. The van der Waals surface area contributed by atoms with E-state index in [1.54, 1.807) is 0 Å². The summed E-state index contributed by atoms with van der Waals surface area (Å²) in [5, 5.41) is 0. The fraction of sp³-hybridized carbons (Fsp3) is 1.00. The van der Waals surface area contributed by atoms with Gasteiger partial charge in [-0.15, -0.1) is 0 Å².